The SMILES string of the molecule is CC/C=C\C/C=C\C/C=C\C/C=C\CCCCCCC(=O)OC(COC(=O)CCCCCCCCCCCCCC/C=C\C/C=C\C/C=C\CCCCCCC)COC(=O)CCCCCCCCCCCCCCCCCCC. The van der Waals surface area contributed by atoms with Gasteiger partial charge in [-0.1, -0.05) is 311 Å². The number of rotatable bonds is 62. The van der Waals surface area contributed by atoms with E-state index in [4.69, 9.17) is 14.2 Å². The number of carbonyl (C=O) groups excluding carboxylic acids is 3. The van der Waals surface area contributed by atoms with Gasteiger partial charge in [0.25, 0.3) is 0 Å². The fourth-order valence-corrected chi connectivity index (χ4v) is 9.80. The molecule has 0 aliphatic rings. The van der Waals surface area contributed by atoms with Crippen molar-refractivity contribution >= 4 is 17.9 Å². The number of unbranched alkanes of at least 4 members (excludes halogenated alkanes) is 37. The van der Waals surface area contributed by atoms with Gasteiger partial charge in [0.2, 0.25) is 0 Å². The Balaban J connectivity index is 4.33. The van der Waals surface area contributed by atoms with E-state index in [0.717, 1.165) is 109 Å². The highest BCUT2D eigenvalue weighted by atomic mass is 16.6. The van der Waals surface area contributed by atoms with Crippen LogP contribution in [0.1, 0.15) is 342 Å². The average Bonchev–Trinajstić information content (AvgIpc) is 3.45. The highest BCUT2D eigenvalue weighted by Crippen LogP contribution is 2.17. The molecule has 0 aromatic carbocycles. The summed E-state index contributed by atoms with van der Waals surface area (Å²) in [6.07, 6.45) is 88.8. The van der Waals surface area contributed by atoms with Gasteiger partial charge in [-0.05, 0) is 96.3 Å². The molecule has 6 heteroatoms. The van der Waals surface area contributed by atoms with Gasteiger partial charge in [-0.15, -0.1) is 0 Å². The predicted molar refractivity (Wildman–Crippen MR) is 344 cm³/mol. The molecular weight excluding hydrogens is 973 g/mol. The van der Waals surface area contributed by atoms with Gasteiger partial charge in [-0.3, -0.25) is 14.4 Å². The number of ether oxygens (including phenoxy) is 3. The van der Waals surface area contributed by atoms with Crippen LogP contribution in [0.25, 0.3) is 0 Å². The van der Waals surface area contributed by atoms with Crippen molar-refractivity contribution in [2.45, 2.75) is 348 Å². The van der Waals surface area contributed by atoms with E-state index < -0.39 is 6.10 Å². The number of hydrogen-bond acceptors (Lipinski definition) is 6. The summed E-state index contributed by atoms with van der Waals surface area (Å²) in [6, 6.07) is 0. The molecule has 0 bridgehead atoms. The molecule has 0 heterocycles. The molecule has 0 radical (unpaired) electrons. The standard InChI is InChI=1S/C73H128O6/c1-4-7-10-13-16-19-22-25-28-31-32-33-34-35-36-37-38-39-40-43-45-48-51-54-57-60-63-66-72(75)78-69-70(79-73(76)67-64-61-58-55-52-49-46-42-30-27-24-21-18-15-12-9-6-3)68-77-71(74)65-62-59-56-53-50-47-44-41-29-26-23-20-17-14-11-8-5-2/h9,12,18,21-22,25,27,30-32,34-35,46,49,70H,4-8,10-11,13-17,19-20,23-24,26,28-29,33,36-45,47-48,50-69H2,1-3H3/b12-9-,21-18-,25-22-,30-27-,32-31-,35-34-,49-46-. The summed E-state index contributed by atoms with van der Waals surface area (Å²) < 4.78 is 17.0. The molecule has 0 aromatic rings. The fourth-order valence-electron chi connectivity index (χ4n) is 9.80. The van der Waals surface area contributed by atoms with Crippen molar-refractivity contribution in [2.75, 3.05) is 13.2 Å². The minimum atomic E-state index is -0.791. The van der Waals surface area contributed by atoms with Crippen LogP contribution in [0.3, 0.4) is 0 Å². The minimum Gasteiger partial charge on any atom is -0.462 e. The molecule has 1 atom stereocenters. The number of allylic oxidation sites excluding steroid dienone is 14. The number of carbonyl (C=O) groups is 3. The van der Waals surface area contributed by atoms with Gasteiger partial charge >= 0.3 is 17.9 Å². The first kappa shape index (κ1) is 75.6. The Bertz CT molecular complexity index is 1500. The van der Waals surface area contributed by atoms with Crippen molar-refractivity contribution in [3.8, 4) is 0 Å². The Morgan fingerprint density at radius 3 is 0.772 bits per heavy atom. The molecule has 0 aliphatic carbocycles. The maximum absolute atomic E-state index is 12.9. The van der Waals surface area contributed by atoms with E-state index in [1.165, 1.54) is 193 Å². The van der Waals surface area contributed by atoms with E-state index in [0.29, 0.717) is 19.3 Å². The topological polar surface area (TPSA) is 78.9 Å². The molecule has 0 aromatic heterocycles. The van der Waals surface area contributed by atoms with Gasteiger partial charge in [-0.25, -0.2) is 0 Å². The third kappa shape index (κ3) is 65.3. The maximum atomic E-state index is 12.9. The Hall–Kier alpha value is -3.41. The first-order valence-electron chi connectivity index (χ1n) is 34.1. The Morgan fingerprint density at radius 1 is 0.266 bits per heavy atom. The lowest BCUT2D eigenvalue weighted by Crippen LogP contribution is -2.30. The molecule has 0 saturated carbocycles. The largest absolute Gasteiger partial charge is 0.462 e. The Kier molecular flexibility index (Phi) is 64.2. The first-order chi connectivity index (χ1) is 39.0. The molecule has 0 amide bonds. The summed E-state index contributed by atoms with van der Waals surface area (Å²) in [7, 11) is 0. The van der Waals surface area contributed by atoms with Crippen LogP contribution in [0.4, 0.5) is 0 Å². The van der Waals surface area contributed by atoms with E-state index in [1.807, 2.05) is 0 Å². The lowest BCUT2D eigenvalue weighted by molar-refractivity contribution is -0.167. The highest BCUT2D eigenvalue weighted by molar-refractivity contribution is 5.71. The smallest absolute Gasteiger partial charge is 0.306 e. The van der Waals surface area contributed by atoms with Gasteiger partial charge in [0.15, 0.2) is 6.10 Å². The highest BCUT2D eigenvalue weighted by Gasteiger charge is 2.19. The van der Waals surface area contributed by atoms with Gasteiger partial charge in [0.05, 0.1) is 0 Å². The molecule has 1 unspecified atom stereocenters. The molecular formula is C73H128O6. The van der Waals surface area contributed by atoms with Crippen molar-refractivity contribution in [2.24, 2.45) is 0 Å². The third-order valence-electron chi connectivity index (χ3n) is 14.9. The number of esters is 3. The van der Waals surface area contributed by atoms with Gasteiger partial charge in [0.1, 0.15) is 13.2 Å². The monoisotopic (exact) mass is 1100 g/mol. The molecule has 0 N–H and O–H groups in total. The molecule has 6 nitrogen and oxygen atoms in total. The third-order valence-corrected chi connectivity index (χ3v) is 14.9. The van der Waals surface area contributed by atoms with Crippen molar-refractivity contribution in [1.82, 2.24) is 0 Å². The molecule has 456 valence electrons. The van der Waals surface area contributed by atoms with E-state index in [9.17, 15) is 14.4 Å². The molecule has 0 fully saturated rings. The second kappa shape index (κ2) is 67.1. The molecule has 0 aliphatic heterocycles. The Labute approximate surface area is 490 Å². The molecule has 0 saturated heterocycles. The predicted octanol–water partition coefficient (Wildman–Crippen LogP) is 23.4. The Morgan fingerprint density at radius 2 is 0.494 bits per heavy atom. The first-order valence-corrected chi connectivity index (χ1v) is 34.1. The average molecular weight is 1100 g/mol. The summed E-state index contributed by atoms with van der Waals surface area (Å²) in [5, 5.41) is 0. The summed E-state index contributed by atoms with van der Waals surface area (Å²) >= 11 is 0. The van der Waals surface area contributed by atoms with Crippen LogP contribution in [0.5, 0.6) is 0 Å². The lowest BCUT2D eigenvalue weighted by atomic mass is 10.0. The van der Waals surface area contributed by atoms with Crippen molar-refractivity contribution in [1.29, 1.82) is 0 Å². The van der Waals surface area contributed by atoms with Crippen LogP contribution in [0.15, 0.2) is 85.1 Å². The summed E-state index contributed by atoms with van der Waals surface area (Å²) in [5.41, 5.74) is 0. The van der Waals surface area contributed by atoms with E-state index in [-0.39, 0.29) is 31.1 Å². The minimum absolute atomic E-state index is 0.0838. The van der Waals surface area contributed by atoms with Gasteiger partial charge in [-0.2, -0.15) is 0 Å². The van der Waals surface area contributed by atoms with Crippen LogP contribution >= 0.6 is 0 Å². The van der Waals surface area contributed by atoms with Crippen LogP contribution in [0, 0.1) is 0 Å². The summed E-state index contributed by atoms with van der Waals surface area (Å²) in [4.78, 5) is 38.4. The van der Waals surface area contributed by atoms with Crippen molar-refractivity contribution in [3.05, 3.63) is 85.1 Å². The quantitative estimate of drug-likeness (QED) is 0.0261. The normalized spacial score (nSPS) is 12.6. The van der Waals surface area contributed by atoms with Crippen LogP contribution in [-0.4, -0.2) is 37.2 Å². The lowest BCUT2D eigenvalue weighted by Gasteiger charge is -2.18. The fraction of sp³-hybridized carbons (Fsp3) is 0.767. The second-order valence-electron chi connectivity index (χ2n) is 22.7. The number of hydrogen-bond donors (Lipinski definition) is 0. The molecule has 0 spiro atoms. The second-order valence-corrected chi connectivity index (χ2v) is 22.7. The van der Waals surface area contributed by atoms with E-state index in [1.54, 1.807) is 0 Å². The van der Waals surface area contributed by atoms with Crippen LogP contribution in [0.2, 0.25) is 0 Å². The summed E-state index contributed by atoms with van der Waals surface area (Å²) in [5.74, 6) is -0.892. The van der Waals surface area contributed by atoms with Crippen molar-refractivity contribution < 1.29 is 28.6 Å². The van der Waals surface area contributed by atoms with Crippen LogP contribution in [-0.2, 0) is 28.6 Å². The van der Waals surface area contributed by atoms with Crippen molar-refractivity contribution in [3.63, 3.8) is 0 Å². The zero-order valence-electron chi connectivity index (χ0n) is 52.4. The molecule has 79 heavy (non-hydrogen) atoms. The van der Waals surface area contributed by atoms with Crippen LogP contribution < -0.4 is 0 Å². The van der Waals surface area contributed by atoms with E-state index in [2.05, 4.69) is 106 Å². The zero-order chi connectivity index (χ0) is 57.1. The van der Waals surface area contributed by atoms with Gasteiger partial charge < -0.3 is 14.2 Å². The summed E-state index contributed by atoms with van der Waals surface area (Å²) in [6.45, 7) is 6.54. The zero-order valence-corrected chi connectivity index (χ0v) is 52.4. The maximum Gasteiger partial charge on any atom is 0.306 e. The van der Waals surface area contributed by atoms with Gasteiger partial charge in [0, 0.05) is 19.3 Å². The molecule has 0 rings (SSSR count). The van der Waals surface area contributed by atoms with E-state index >= 15 is 0 Å².